The van der Waals surface area contributed by atoms with E-state index >= 15 is 0 Å². The van der Waals surface area contributed by atoms with Crippen molar-refractivity contribution in [2.45, 2.75) is 18.7 Å². The summed E-state index contributed by atoms with van der Waals surface area (Å²) in [5.41, 5.74) is 3.21. The fraction of sp³-hybridized carbons (Fsp3) is 0.250. The van der Waals surface area contributed by atoms with E-state index in [0.29, 0.717) is 22.2 Å². The van der Waals surface area contributed by atoms with Crippen molar-refractivity contribution in [1.82, 2.24) is 0 Å². The third-order valence-corrected chi connectivity index (χ3v) is 4.16. The Balaban J connectivity index is 2.22. The maximum Gasteiger partial charge on any atom is 0.138 e. The van der Waals surface area contributed by atoms with Crippen LogP contribution in [0.2, 0.25) is 10.0 Å². The second-order valence-electron chi connectivity index (χ2n) is 4.67. The van der Waals surface area contributed by atoms with Gasteiger partial charge in [0.2, 0.25) is 0 Å². The number of rotatable bonds is 4. The van der Waals surface area contributed by atoms with Crippen LogP contribution >= 0.6 is 34.8 Å². The van der Waals surface area contributed by atoms with E-state index in [2.05, 4.69) is 31.2 Å². The Morgan fingerprint density at radius 2 is 1.70 bits per heavy atom. The number of alkyl halides is 1. The van der Waals surface area contributed by atoms with Crippen LogP contribution in [0.4, 0.5) is 0 Å². The lowest BCUT2D eigenvalue weighted by Gasteiger charge is -2.14. The Labute approximate surface area is 134 Å². The van der Waals surface area contributed by atoms with Gasteiger partial charge in [-0.1, -0.05) is 53.0 Å². The largest absolute Gasteiger partial charge is 0.495 e. The monoisotopic (exact) mass is 328 g/mol. The maximum absolute atomic E-state index is 6.47. The molecule has 0 aromatic heterocycles. The van der Waals surface area contributed by atoms with Gasteiger partial charge in [0.1, 0.15) is 5.75 Å². The molecule has 0 spiro atoms. The Bertz CT molecular complexity index is 593. The molecule has 0 N–H and O–H groups in total. The highest BCUT2D eigenvalue weighted by Crippen LogP contribution is 2.37. The summed E-state index contributed by atoms with van der Waals surface area (Å²) >= 11 is 18.8. The zero-order chi connectivity index (χ0) is 14.7. The fourth-order valence-corrected chi connectivity index (χ4v) is 2.93. The molecule has 0 saturated carbocycles. The van der Waals surface area contributed by atoms with Crippen molar-refractivity contribution in [2.75, 3.05) is 7.11 Å². The summed E-state index contributed by atoms with van der Waals surface area (Å²) in [6.45, 7) is 2.06. The number of ether oxygens (including phenoxy) is 1. The predicted molar refractivity (Wildman–Crippen MR) is 86.5 cm³/mol. The fourth-order valence-electron chi connectivity index (χ4n) is 1.98. The molecule has 2 rings (SSSR count). The minimum Gasteiger partial charge on any atom is -0.495 e. The van der Waals surface area contributed by atoms with Gasteiger partial charge in [0.15, 0.2) is 0 Å². The summed E-state index contributed by atoms with van der Waals surface area (Å²) in [5, 5.41) is 0.855. The first kappa shape index (κ1) is 15.5. The third kappa shape index (κ3) is 3.60. The first-order valence-electron chi connectivity index (χ1n) is 6.24. The second-order valence-corrected chi connectivity index (χ2v) is 6.01. The van der Waals surface area contributed by atoms with Crippen LogP contribution in [-0.4, -0.2) is 7.11 Å². The molecule has 1 nitrogen and oxygen atoms in total. The lowest BCUT2D eigenvalue weighted by molar-refractivity contribution is 0.415. The molecule has 0 aliphatic carbocycles. The molecule has 1 atom stereocenters. The van der Waals surface area contributed by atoms with Crippen LogP contribution in [0, 0.1) is 6.92 Å². The van der Waals surface area contributed by atoms with Crippen molar-refractivity contribution in [1.29, 1.82) is 0 Å². The van der Waals surface area contributed by atoms with Crippen LogP contribution in [0.5, 0.6) is 5.75 Å². The molecule has 106 valence electrons. The van der Waals surface area contributed by atoms with Crippen molar-refractivity contribution in [3.63, 3.8) is 0 Å². The highest BCUT2D eigenvalue weighted by Gasteiger charge is 2.16. The molecular formula is C16H15Cl3O. The summed E-state index contributed by atoms with van der Waals surface area (Å²) in [5.74, 6) is 0.555. The molecule has 2 aromatic rings. The van der Waals surface area contributed by atoms with E-state index in [1.54, 1.807) is 19.2 Å². The molecule has 0 aliphatic heterocycles. The molecule has 0 heterocycles. The molecule has 2 aromatic carbocycles. The van der Waals surface area contributed by atoms with E-state index in [4.69, 9.17) is 39.5 Å². The van der Waals surface area contributed by atoms with Gasteiger partial charge in [-0.15, -0.1) is 11.6 Å². The molecular weight excluding hydrogens is 315 g/mol. The van der Waals surface area contributed by atoms with Gasteiger partial charge in [-0.25, -0.2) is 0 Å². The number of hydrogen-bond acceptors (Lipinski definition) is 1. The molecule has 20 heavy (non-hydrogen) atoms. The van der Waals surface area contributed by atoms with Gasteiger partial charge in [-0.05, 0) is 30.5 Å². The number of hydrogen-bond donors (Lipinski definition) is 0. The third-order valence-electron chi connectivity index (χ3n) is 3.14. The first-order valence-corrected chi connectivity index (χ1v) is 7.43. The van der Waals surface area contributed by atoms with Crippen LogP contribution in [0.1, 0.15) is 22.1 Å². The normalized spacial score (nSPS) is 12.2. The Hall–Kier alpha value is -0.890. The van der Waals surface area contributed by atoms with Gasteiger partial charge in [0, 0.05) is 11.1 Å². The molecule has 0 bridgehead atoms. The topological polar surface area (TPSA) is 9.23 Å². The molecule has 0 aliphatic rings. The molecule has 0 saturated heterocycles. The van der Waals surface area contributed by atoms with Crippen molar-refractivity contribution in [3.05, 3.63) is 63.1 Å². The Morgan fingerprint density at radius 1 is 1.05 bits per heavy atom. The predicted octanol–water partition coefficient (Wildman–Crippen LogP) is 5.83. The van der Waals surface area contributed by atoms with Gasteiger partial charge < -0.3 is 4.74 Å². The molecule has 1 unspecified atom stereocenters. The van der Waals surface area contributed by atoms with E-state index < -0.39 is 0 Å². The number of methoxy groups -OCH3 is 1. The van der Waals surface area contributed by atoms with Crippen molar-refractivity contribution in [3.8, 4) is 5.75 Å². The van der Waals surface area contributed by atoms with E-state index in [1.807, 2.05) is 0 Å². The maximum atomic E-state index is 6.47. The summed E-state index contributed by atoms with van der Waals surface area (Å²) in [7, 11) is 1.56. The SMILES string of the molecule is COc1cc(Cl)c(C(Cl)Cc2ccc(C)cc2)cc1Cl. The molecule has 0 radical (unpaired) electrons. The smallest absolute Gasteiger partial charge is 0.138 e. The summed E-state index contributed by atoms with van der Waals surface area (Å²) in [6, 6.07) is 11.8. The zero-order valence-electron chi connectivity index (χ0n) is 11.3. The second kappa shape index (κ2) is 6.71. The number of benzene rings is 2. The van der Waals surface area contributed by atoms with E-state index in [1.165, 1.54) is 11.1 Å². The highest BCUT2D eigenvalue weighted by molar-refractivity contribution is 6.35. The highest BCUT2D eigenvalue weighted by atomic mass is 35.5. The van der Waals surface area contributed by atoms with Crippen LogP contribution in [0.15, 0.2) is 36.4 Å². The number of halogens is 3. The van der Waals surface area contributed by atoms with E-state index in [9.17, 15) is 0 Å². The van der Waals surface area contributed by atoms with E-state index in [0.717, 1.165) is 5.56 Å². The Kier molecular flexibility index (Phi) is 5.20. The minimum absolute atomic E-state index is 0.228. The van der Waals surface area contributed by atoms with Gasteiger partial charge in [-0.2, -0.15) is 0 Å². The van der Waals surface area contributed by atoms with Gasteiger partial charge in [0.05, 0.1) is 17.5 Å². The minimum atomic E-state index is -0.228. The van der Waals surface area contributed by atoms with Crippen molar-refractivity contribution in [2.24, 2.45) is 0 Å². The average Bonchev–Trinajstić information content (AvgIpc) is 2.43. The van der Waals surface area contributed by atoms with Gasteiger partial charge in [-0.3, -0.25) is 0 Å². The average molecular weight is 330 g/mol. The van der Waals surface area contributed by atoms with Crippen LogP contribution in [0.3, 0.4) is 0 Å². The van der Waals surface area contributed by atoms with Crippen LogP contribution in [0.25, 0.3) is 0 Å². The summed E-state index contributed by atoms with van der Waals surface area (Å²) < 4.78 is 5.13. The number of aryl methyl sites for hydroxylation is 1. The molecule has 0 amide bonds. The van der Waals surface area contributed by atoms with Crippen LogP contribution < -0.4 is 4.74 Å². The quantitative estimate of drug-likeness (QED) is 0.641. The van der Waals surface area contributed by atoms with Gasteiger partial charge >= 0.3 is 0 Å². The first-order chi connectivity index (χ1) is 9.51. The molecule has 0 fully saturated rings. The van der Waals surface area contributed by atoms with Crippen molar-refractivity contribution < 1.29 is 4.74 Å². The van der Waals surface area contributed by atoms with Crippen molar-refractivity contribution >= 4 is 34.8 Å². The Morgan fingerprint density at radius 3 is 2.30 bits per heavy atom. The standard InChI is InChI=1S/C16H15Cl3O/c1-10-3-5-11(6-4-10)7-13(17)12-8-15(19)16(20-2)9-14(12)18/h3-6,8-9,13H,7H2,1-2H3. The summed E-state index contributed by atoms with van der Waals surface area (Å²) in [6.07, 6.45) is 0.699. The zero-order valence-corrected chi connectivity index (χ0v) is 13.6. The summed E-state index contributed by atoms with van der Waals surface area (Å²) in [4.78, 5) is 0. The lowest BCUT2D eigenvalue weighted by Crippen LogP contribution is -1.98. The van der Waals surface area contributed by atoms with Crippen LogP contribution in [-0.2, 0) is 6.42 Å². The van der Waals surface area contributed by atoms with Gasteiger partial charge in [0.25, 0.3) is 0 Å². The van der Waals surface area contributed by atoms with E-state index in [-0.39, 0.29) is 5.38 Å². The molecule has 4 heteroatoms. The lowest BCUT2D eigenvalue weighted by atomic mass is 10.0.